The maximum atomic E-state index is 14.1. The largest absolute Gasteiger partial charge is 0.354 e. The minimum atomic E-state index is -0.935. The number of benzene rings is 2. The highest BCUT2D eigenvalue weighted by Gasteiger charge is 2.50. The van der Waals surface area contributed by atoms with Crippen LogP contribution in [0.5, 0.6) is 0 Å². The Morgan fingerprint density at radius 3 is 2.47 bits per heavy atom. The molecule has 190 valence electrons. The Labute approximate surface area is 214 Å². The first-order valence-corrected chi connectivity index (χ1v) is 13.3. The highest BCUT2D eigenvalue weighted by molar-refractivity contribution is 6.03. The van der Waals surface area contributed by atoms with Crippen LogP contribution in [-0.4, -0.2) is 57.4 Å². The van der Waals surface area contributed by atoms with E-state index in [4.69, 9.17) is 0 Å². The van der Waals surface area contributed by atoms with E-state index in [2.05, 4.69) is 52.9 Å². The molecule has 3 heterocycles. The number of hydrogen-bond donors (Lipinski definition) is 1. The Hall–Kier alpha value is -3.12. The molecule has 1 unspecified atom stereocenters. The smallest absolute Gasteiger partial charge is 0.271 e. The second kappa shape index (κ2) is 10.1. The van der Waals surface area contributed by atoms with Crippen molar-refractivity contribution in [3.8, 4) is 0 Å². The van der Waals surface area contributed by atoms with Gasteiger partial charge in [-0.2, -0.15) is 0 Å². The summed E-state index contributed by atoms with van der Waals surface area (Å²) in [5.74, 6) is 0.434. The van der Waals surface area contributed by atoms with Gasteiger partial charge in [0, 0.05) is 43.1 Å². The van der Waals surface area contributed by atoms with Crippen molar-refractivity contribution >= 4 is 22.7 Å². The standard InChI is InChI=1S/C30H38N4O2/c1-22(2)13-16-31-29(36)30(3)21-33-26-12-8-7-11-24(26)19-27(33)28(35)34(30)25-14-17-32(18-15-25)20-23-9-5-4-6-10-23/h4-12,19,22,25H,13-18,20-21H2,1-3H3,(H,31,36). The number of amides is 2. The normalized spacial score (nSPS) is 21.2. The summed E-state index contributed by atoms with van der Waals surface area (Å²) in [6.45, 7) is 10.1. The Balaban J connectivity index is 1.41. The molecule has 6 heteroatoms. The number of carbonyl (C=O) groups excluding carboxylic acids is 2. The number of carbonyl (C=O) groups is 2. The van der Waals surface area contributed by atoms with Gasteiger partial charge in [-0.3, -0.25) is 14.5 Å². The van der Waals surface area contributed by atoms with Crippen LogP contribution in [-0.2, 0) is 17.9 Å². The van der Waals surface area contributed by atoms with Crippen LogP contribution in [0, 0.1) is 5.92 Å². The lowest BCUT2D eigenvalue weighted by Crippen LogP contribution is -2.67. The van der Waals surface area contributed by atoms with Gasteiger partial charge in [0.05, 0.1) is 6.54 Å². The number of hydrogen-bond acceptors (Lipinski definition) is 3. The zero-order chi connectivity index (χ0) is 25.3. The van der Waals surface area contributed by atoms with Gasteiger partial charge in [-0.15, -0.1) is 0 Å². The molecule has 0 radical (unpaired) electrons. The number of likely N-dealkylation sites (tertiary alicyclic amines) is 1. The maximum absolute atomic E-state index is 14.1. The number of nitrogens with zero attached hydrogens (tertiary/aromatic N) is 3. The third-order valence-corrected chi connectivity index (χ3v) is 7.91. The molecule has 2 aromatic carbocycles. The second-order valence-electron chi connectivity index (χ2n) is 11.1. The van der Waals surface area contributed by atoms with Crippen molar-refractivity contribution in [1.82, 2.24) is 19.7 Å². The van der Waals surface area contributed by atoms with Crippen LogP contribution >= 0.6 is 0 Å². The number of nitrogens with one attached hydrogen (secondary N) is 1. The van der Waals surface area contributed by atoms with E-state index >= 15 is 0 Å². The highest BCUT2D eigenvalue weighted by Crippen LogP contribution is 2.36. The monoisotopic (exact) mass is 486 g/mol. The Kier molecular flexibility index (Phi) is 6.89. The van der Waals surface area contributed by atoms with Crippen LogP contribution in [0.1, 0.15) is 56.1 Å². The lowest BCUT2D eigenvalue weighted by atomic mass is 9.89. The van der Waals surface area contributed by atoms with E-state index in [0.717, 1.165) is 49.8 Å². The van der Waals surface area contributed by atoms with Crippen molar-refractivity contribution in [3.05, 3.63) is 71.9 Å². The zero-order valence-electron chi connectivity index (χ0n) is 21.7. The molecule has 2 amide bonds. The quantitative estimate of drug-likeness (QED) is 0.528. The van der Waals surface area contributed by atoms with E-state index in [9.17, 15) is 9.59 Å². The predicted octanol–water partition coefficient (Wildman–Crippen LogP) is 4.68. The van der Waals surface area contributed by atoms with Crippen LogP contribution in [0.3, 0.4) is 0 Å². The molecule has 1 aromatic heterocycles. The molecule has 36 heavy (non-hydrogen) atoms. The molecule has 6 nitrogen and oxygen atoms in total. The van der Waals surface area contributed by atoms with Gasteiger partial charge in [-0.1, -0.05) is 62.4 Å². The number of aromatic nitrogens is 1. The lowest BCUT2D eigenvalue weighted by molar-refractivity contribution is -0.135. The van der Waals surface area contributed by atoms with Crippen molar-refractivity contribution in [2.75, 3.05) is 19.6 Å². The fourth-order valence-electron chi connectivity index (χ4n) is 5.88. The molecule has 2 aliphatic rings. The Morgan fingerprint density at radius 2 is 1.75 bits per heavy atom. The van der Waals surface area contributed by atoms with Crippen molar-refractivity contribution in [3.63, 3.8) is 0 Å². The van der Waals surface area contributed by atoms with Crippen LogP contribution in [0.2, 0.25) is 0 Å². The zero-order valence-corrected chi connectivity index (χ0v) is 21.7. The van der Waals surface area contributed by atoms with E-state index in [1.165, 1.54) is 5.56 Å². The first kappa shape index (κ1) is 24.6. The van der Waals surface area contributed by atoms with E-state index in [-0.39, 0.29) is 17.9 Å². The summed E-state index contributed by atoms with van der Waals surface area (Å²) in [6.07, 6.45) is 2.66. The van der Waals surface area contributed by atoms with Crippen LogP contribution in [0.4, 0.5) is 0 Å². The SMILES string of the molecule is CC(C)CCNC(=O)C1(C)Cn2c(cc3ccccc32)C(=O)N1C1CCN(Cc2ccccc2)CC1. The fraction of sp³-hybridized carbons (Fsp3) is 0.467. The molecule has 0 saturated carbocycles. The Bertz CT molecular complexity index is 1230. The van der Waals surface area contributed by atoms with Gasteiger partial charge in [0.2, 0.25) is 5.91 Å². The third-order valence-electron chi connectivity index (χ3n) is 7.91. The van der Waals surface area contributed by atoms with Gasteiger partial charge >= 0.3 is 0 Å². The summed E-state index contributed by atoms with van der Waals surface area (Å²) in [4.78, 5) is 32.2. The third kappa shape index (κ3) is 4.66. The summed E-state index contributed by atoms with van der Waals surface area (Å²) < 4.78 is 2.06. The molecule has 0 bridgehead atoms. The molecule has 1 N–H and O–H groups in total. The van der Waals surface area contributed by atoms with Gasteiger partial charge in [0.25, 0.3) is 5.91 Å². The van der Waals surface area contributed by atoms with Crippen molar-refractivity contribution in [2.24, 2.45) is 5.92 Å². The summed E-state index contributed by atoms with van der Waals surface area (Å²) in [7, 11) is 0. The number of piperidine rings is 1. The van der Waals surface area contributed by atoms with Crippen molar-refractivity contribution < 1.29 is 9.59 Å². The van der Waals surface area contributed by atoms with Crippen molar-refractivity contribution in [2.45, 2.75) is 64.7 Å². The van der Waals surface area contributed by atoms with Gasteiger partial charge < -0.3 is 14.8 Å². The minimum absolute atomic E-state index is 0.0273. The van der Waals surface area contributed by atoms with Crippen LogP contribution in [0.15, 0.2) is 60.7 Å². The first-order chi connectivity index (χ1) is 17.4. The average Bonchev–Trinajstić information content (AvgIpc) is 3.24. The van der Waals surface area contributed by atoms with E-state index in [1.54, 1.807) is 0 Å². The summed E-state index contributed by atoms with van der Waals surface area (Å²) in [6, 6.07) is 20.6. The molecule has 0 spiro atoms. The Morgan fingerprint density at radius 1 is 1.06 bits per heavy atom. The number of para-hydroxylation sites is 1. The highest BCUT2D eigenvalue weighted by atomic mass is 16.2. The maximum Gasteiger partial charge on any atom is 0.271 e. The topological polar surface area (TPSA) is 57.6 Å². The molecule has 1 atom stereocenters. The molecule has 3 aromatic rings. The number of fused-ring (bicyclic) bond motifs is 3. The molecule has 2 aliphatic heterocycles. The van der Waals surface area contributed by atoms with E-state index in [1.807, 2.05) is 48.2 Å². The van der Waals surface area contributed by atoms with Crippen molar-refractivity contribution in [1.29, 1.82) is 0 Å². The molecule has 0 aliphatic carbocycles. The minimum Gasteiger partial charge on any atom is -0.354 e. The molecule has 1 saturated heterocycles. The molecular weight excluding hydrogens is 448 g/mol. The van der Waals surface area contributed by atoms with E-state index < -0.39 is 5.54 Å². The van der Waals surface area contributed by atoms with Gasteiger partial charge in [-0.05, 0) is 49.8 Å². The lowest BCUT2D eigenvalue weighted by Gasteiger charge is -2.50. The fourth-order valence-corrected chi connectivity index (χ4v) is 5.88. The molecular formula is C30H38N4O2. The van der Waals surface area contributed by atoms with Gasteiger partial charge in [0.15, 0.2) is 0 Å². The average molecular weight is 487 g/mol. The van der Waals surface area contributed by atoms with E-state index in [0.29, 0.717) is 24.7 Å². The second-order valence-corrected chi connectivity index (χ2v) is 11.1. The summed E-state index contributed by atoms with van der Waals surface area (Å²) >= 11 is 0. The summed E-state index contributed by atoms with van der Waals surface area (Å²) in [5, 5.41) is 4.21. The van der Waals surface area contributed by atoms with Crippen LogP contribution < -0.4 is 5.32 Å². The van der Waals surface area contributed by atoms with Crippen LogP contribution in [0.25, 0.3) is 10.9 Å². The molecule has 5 rings (SSSR count). The number of rotatable bonds is 7. The van der Waals surface area contributed by atoms with Gasteiger partial charge in [-0.25, -0.2) is 0 Å². The first-order valence-electron chi connectivity index (χ1n) is 13.3. The predicted molar refractivity (Wildman–Crippen MR) is 144 cm³/mol. The van der Waals surface area contributed by atoms with Gasteiger partial charge in [0.1, 0.15) is 11.2 Å². The molecule has 1 fully saturated rings. The summed E-state index contributed by atoms with van der Waals surface area (Å²) in [5.41, 5.74) is 2.08.